The molecule has 2 aliphatic rings. The minimum absolute atomic E-state index is 0.338. The molecule has 0 aromatic rings. The monoisotopic (exact) mass is 239 g/mol. The van der Waals surface area contributed by atoms with Crippen LogP contribution in [0.3, 0.4) is 0 Å². The van der Waals surface area contributed by atoms with Crippen LogP contribution in [0, 0.1) is 0 Å². The molecule has 1 aliphatic carbocycles. The molecular weight excluding hydrogens is 210 g/mol. The summed E-state index contributed by atoms with van der Waals surface area (Å²) in [5.74, 6) is 0. The van der Waals surface area contributed by atoms with E-state index in [1.54, 1.807) is 0 Å². The lowest BCUT2D eigenvalue weighted by Crippen LogP contribution is -2.24. The molecule has 2 rings (SSSR count). The van der Waals surface area contributed by atoms with Crippen LogP contribution in [-0.4, -0.2) is 24.8 Å². The molecule has 17 heavy (non-hydrogen) atoms. The fraction of sp³-hybridized carbons (Fsp3) is 1.00. The van der Waals surface area contributed by atoms with Crippen LogP contribution in [0.15, 0.2) is 0 Å². The van der Waals surface area contributed by atoms with Crippen molar-refractivity contribution < 1.29 is 4.74 Å². The summed E-state index contributed by atoms with van der Waals surface area (Å²) in [6.45, 7) is 4.58. The van der Waals surface area contributed by atoms with Crippen LogP contribution in [-0.2, 0) is 4.74 Å². The maximum atomic E-state index is 6.32. The predicted octanol–water partition coefficient (Wildman–Crippen LogP) is 3.65. The Bertz CT molecular complexity index is 211. The van der Waals surface area contributed by atoms with E-state index in [2.05, 4.69) is 12.2 Å². The first-order chi connectivity index (χ1) is 8.35. The zero-order valence-corrected chi connectivity index (χ0v) is 11.5. The van der Waals surface area contributed by atoms with E-state index < -0.39 is 0 Å². The van der Waals surface area contributed by atoms with E-state index in [4.69, 9.17) is 4.74 Å². The van der Waals surface area contributed by atoms with Crippen molar-refractivity contribution in [2.24, 2.45) is 0 Å². The maximum absolute atomic E-state index is 6.32. The summed E-state index contributed by atoms with van der Waals surface area (Å²) >= 11 is 0. The van der Waals surface area contributed by atoms with Crippen LogP contribution >= 0.6 is 0 Å². The largest absolute Gasteiger partial charge is 0.372 e. The highest BCUT2D eigenvalue weighted by Crippen LogP contribution is 2.44. The molecule has 100 valence electrons. The normalized spacial score (nSPS) is 27.0. The van der Waals surface area contributed by atoms with Crippen molar-refractivity contribution >= 4 is 0 Å². The molecule has 1 saturated heterocycles. The number of hydrogen-bond donors (Lipinski definition) is 1. The van der Waals surface area contributed by atoms with Gasteiger partial charge in [0.25, 0.3) is 0 Å². The molecule has 2 nitrogen and oxygen atoms in total. The smallest absolute Gasteiger partial charge is 0.0687 e. The molecule has 1 aliphatic heterocycles. The molecule has 1 spiro atoms. The third kappa shape index (κ3) is 3.96. The lowest BCUT2D eigenvalue weighted by molar-refractivity contribution is -0.0394. The average Bonchev–Trinajstić information content (AvgIpc) is 2.95. The van der Waals surface area contributed by atoms with E-state index in [0.717, 1.165) is 0 Å². The number of nitrogens with one attached hydrogen (secondary N) is 1. The van der Waals surface area contributed by atoms with Gasteiger partial charge in [-0.3, -0.25) is 0 Å². The van der Waals surface area contributed by atoms with Crippen molar-refractivity contribution in [2.75, 3.05) is 13.1 Å². The van der Waals surface area contributed by atoms with Gasteiger partial charge < -0.3 is 10.1 Å². The van der Waals surface area contributed by atoms with Gasteiger partial charge in [0.1, 0.15) is 0 Å². The Morgan fingerprint density at radius 3 is 2.71 bits per heavy atom. The van der Waals surface area contributed by atoms with E-state index >= 15 is 0 Å². The second kappa shape index (κ2) is 6.75. The minimum atomic E-state index is 0.338. The molecule has 2 heteroatoms. The van der Waals surface area contributed by atoms with Crippen molar-refractivity contribution in [3.63, 3.8) is 0 Å². The molecule has 1 heterocycles. The fourth-order valence-corrected chi connectivity index (χ4v) is 3.41. The molecule has 2 fully saturated rings. The Morgan fingerprint density at radius 2 is 1.94 bits per heavy atom. The molecule has 1 unspecified atom stereocenters. The van der Waals surface area contributed by atoms with Gasteiger partial charge in [0.15, 0.2) is 0 Å². The van der Waals surface area contributed by atoms with Gasteiger partial charge in [-0.25, -0.2) is 0 Å². The van der Waals surface area contributed by atoms with Gasteiger partial charge in [-0.05, 0) is 64.5 Å². The van der Waals surface area contributed by atoms with Crippen molar-refractivity contribution in [1.29, 1.82) is 0 Å². The Morgan fingerprint density at radius 1 is 1.12 bits per heavy atom. The highest BCUT2D eigenvalue weighted by atomic mass is 16.5. The van der Waals surface area contributed by atoms with Crippen molar-refractivity contribution in [3.8, 4) is 0 Å². The topological polar surface area (TPSA) is 21.3 Å². The van der Waals surface area contributed by atoms with Crippen LogP contribution in [0.25, 0.3) is 0 Å². The summed E-state index contributed by atoms with van der Waals surface area (Å²) < 4.78 is 6.32. The van der Waals surface area contributed by atoms with Gasteiger partial charge >= 0.3 is 0 Å². The standard InChI is InChI=1S/C15H29NO/c1-2-12-16-13-6-3-7-14-8-11-15(17-14)9-4-5-10-15/h14,16H,2-13H2,1H3. The zero-order chi connectivity index (χ0) is 12.0. The highest BCUT2D eigenvalue weighted by molar-refractivity contribution is 4.92. The summed E-state index contributed by atoms with van der Waals surface area (Å²) in [4.78, 5) is 0. The van der Waals surface area contributed by atoms with E-state index in [0.29, 0.717) is 11.7 Å². The van der Waals surface area contributed by atoms with Crippen LogP contribution in [0.1, 0.15) is 71.1 Å². The molecule has 0 amide bonds. The van der Waals surface area contributed by atoms with Crippen LogP contribution in [0.2, 0.25) is 0 Å². The zero-order valence-electron chi connectivity index (χ0n) is 11.5. The number of rotatable bonds is 7. The van der Waals surface area contributed by atoms with E-state index in [1.165, 1.54) is 77.3 Å². The van der Waals surface area contributed by atoms with Crippen LogP contribution in [0.4, 0.5) is 0 Å². The summed E-state index contributed by atoms with van der Waals surface area (Å²) in [7, 11) is 0. The Balaban J connectivity index is 1.52. The Labute approximate surface area is 107 Å². The molecule has 1 saturated carbocycles. The first-order valence-electron chi connectivity index (χ1n) is 7.73. The number of hydrogen-bond acceptors (Lipinski definition) is 2. The lowest BCUT2D eigenvalue weighted by atomic mass is 9.98. The van der Waals surface area contributed by atoms with Gasteiger partial charge in [-0.1, -0.05) is 19.8 Å². The van der Waals surface area contributed by atoms with Gasteiger partial charge in [0.2, 0.25) is 0 Å². The fourth-order valence-electron chi connectivity index (χ4n) is 3.41. The first-order valence-corrected chi connectivity index (χ1v) is 7.73. The van der Waals surface area contributed by atoms with Crippen LogP contribution in [0.5, 0.6) is 0 Å². The molecule has 0 radical (unpaired) electrons. The van der Waals surface area contributed by atoms with Crippen molar-refractivity contribution in [1.82, 2.24) is 5.32 Å². The lowest BCUT2D eigenvalue weighted by Gasteiger charge is -2.23. The second-order valence-electron chi connectivity index (χ2n) is 5.91. The predicted molar refractivity (Wildman–Crippen MR) is 72.3 cm³/mol. The second-order valence-corrected chi connectivity index (χ2v) is 5.91. The first kappa shape index (κ1) is 13.4. The summed E-state index contributed by atoms with van der Waals surface area (Å²) in [6, 6.07) is 0. The summed E-state index contributed by atoms with van der Waals surface area (Å²) in [5, 5.41) is 3.47. The summed E-state index contributed by atoms with van der Waals surface area (Å²) in [6.07, 6.45) is 13.9. The molecular formula is C15H29NO. The van der Waals surface area contributed by atoms with Gasteiger partial charge in [0.05, 0.1) is 11.7 Å². The maximum Gasteiger partial charge on any atom is 0.0687 e. The van der Waals surface area contributed by atoms with Gasteiger partial charge in [-0.2, -0.15) is 0 Å². The number of ether oxygens (including phenoxy) is 1. The van der Waals surface area contributed by atoms with Crippen molar-refractivity contribution in [2.45, 2.75) is 82.8 Å². The van der Waals surface area contributed by atoms with Gasteiger partial charge in [-0.15, -0.1) is 0 Å². The average molecular weight is 239 g/mol. The molecule has 1 N–H and O–H groups in total. The highest BCUT2D eigenvalue weighted by Gasteiger charge is 2.41. The molecule has 0 bridgehead atoms. The Hall–Kier alpha value is -0.0800. The van der Waals surface area contributed by atoms with Gasteiger partial charge in [0, 0.05) is 0 Å². The Kier molecular flexibility index (Phi) is 5.30. The summed E-state index contributed by atoms with van der Waals surface area (Å²) in [5.41, 5.74) is 0.338. The quantitative estimate of drug-likeness (QED) is 0.685. The molecule has 1 atom stereocenters. The van der Waals surface area contributed by atoms with E-state index in [9.17, 15) is 0 Å². The SMILES string of the molecule is CCCNCCCCC1CCC2(CCCC2)O1. The minimum Gasteiger partial charge on any atom is -0.372 e. The number of unbranched alkanes of at least 4 members (excludes halogenated alkanes) is 1. The molecule has 0 aromatic heterocycles. The van der Waals surface area contributed by atoms with E-state index in [1.807, 2.05) is 0 Å². The van der Waals surface area contributed by atoms with Crippen LogP contribution < -0.4 is 5.32 Å². The third-order valence-corrected chi connectivity index (χ3v) is 4.41. The third-order valence-electron chi connectivity index (χ3n) is 4.41. The van der Waals surface area contributed by atoms with Crippen molar-refractivity contribution in [3.05, 3.63) is 0 Å². The van der Waals surface area contributed by atoms with E-state index in [-0.39, 0.29) is 0 Å². The molecule has 0 aromatic carbocycles.